The van der Waals surface area contributed by atoms with Crippen LogP contribution in [-0.2, 0) is 4.74 Å². The van der Waals surface area contributed by atoms with Crippen LogP contribution in [0.15, 0.2) is 34.4 Å². The molecule has 0 aromatic carbocycles. The van der Waals surface area contributed by atoms with Gasteiger partial charge in [-0.2, -0.15) is 0 Å². The van der Waals surface area contributed by atoms with Crippen molar-refractivity contribution in [1.82, 2.24) is 0 Å². The Bertz CT molecular complexity index is 714. The maximum atomic E-state index is 10.9. The van der Waals surface area contributed by atoms with Crippen LogP contribution >= 0.6 is 0 Å². The Hall–Kier alpha value is -0.900. The highest BCUT2D eigenvalue weighted by molar-refractivity contribution is 5.44. The molecule has 2 N–H and O–H groups in total. The zero-order valence-corrected chi connectivity index (χ0v) is 22.0. The minimum atomic E-state index is -0.608. The SMILES string of the molecule is CCCC/C=C(\C)CCCC(C)(O)CCCC1(C)CCC2=CC(O)C(C)=C(C)C2(CC)O1. The van der Waals surface area contributed by atoms with Gasteiger partial charge < -0.3 is 14.9 Å². The molecule has 4 atom stereocenters. The van der Waals surface area contributed by atoms with Gasteiger partial charge in [-0.05, 0) is 122 Å². The molecule has 2 aliphatic rings. The highest BCUT2D eigenvalue weighted by Crippen LogP contribution is 2.50. The summed E-state index contributed by atoms with van der Waals surface area (Å²) in [5.74, 6) is 0. The van der Waals surface area contributed by atoms with Crippen LogP contribution in [0, 0.1) is 0 Å². The summed E-state index contributed by atoms with van der Waals surface area (Å²) in [7, 11) is 0. The number of hydrogen-bond donors (Lipinski definition) is 2. The van der Waals surface area contributed by atoms with Gasteiger partial charge in [0.15, 0.2) is 0 Å². The van der Waals surface area contributed by atoms with E-state index in [1.165, 1.54) is 36.0 Å². The minimum absolute atomic E-state index is 0.189. The van der Waals surface area contributed by atoms with Gasteiger partial charge in [0.25, 0.3) is 0 Å². The molecule has 0 aromatic heterocycles. The van der Waals surface area contributed by atoms with Crippen LogP contribution in [0.3, 0.4) is 0 Å². The molecule has 184 valence electrons. The van der Waals surface area contributed by atoms with Crippen molar-refractivity contribution in [3.63, 3.8) is 0 Å². The fourth-order valence-corrected chi connectivity index (χ4v) is 5.64. The zero-order valence-electron chi connectivity index (χ0n) is 22.0. The molecule has 1 aliphatic carbocycles. The molecule has 0 spiro atoms. The summed E-state index contributed by atoms with van der Waals surface area (Å²) in [5, 5.41) is 21.3. The van der Waals surface area contributed by atoms with Gasteiger partial charge >= 0.3 is 0 Å². The number of hydrogen-bond acceptors (Lipinski definition) is 3. The van der Waals surface area contributed by atoms with Crippen molar-refractivity contribution in [1.29, 1.82) is 0 Å². The lowest BCUT2D eigenvalue weighted by Gasteiger charge is -2.51. The number of fused-ring (bicyclic) bond motifs is 1. The third-order valence-corrected chi connectivity index (χ3v) is 8.12. The maximum absolute atomic E-state index is 10.9. The van der Waals surface area contributed by atoms with Crippen molar-refractivity contribution in [2.45, 2.75) is 148 Å². The normalized spacial score (nSPS) is 30.7. The monoisotopic (exact) mass is 446 g/mol. The van der Waals surface area contributed by atoms with Gasteiger partial charge in [-0.3, -0.25) is 0 Å². The first-order valence-corrected chi connectivity index (χ1v) is 13.1. The van der Waals surface area contributed by atoms with E-state index in [-0.39, 0.29) is 11.2 Å². The quantitative estimate of drug-likeness (QED) is 0.240. The molecule has 1 fully saturated rings. The summed E-state index contributed by atoms with van der Waals surface area (Å²) >= 11 is 0. The van der Waals surface area contributed by atoms with Crippen LogP contribution < -0.4 is 0 Å². The summed E-state index contributed by atoms with van der Waals surface area (Å²) in [6, 6.07) is 0. The summed E-state index contributed by atoms with van der Waals surface area (Å²) in [6.07, 6.45) is 16.2. The van der Waals surface area contributed by atoms with E-state index < -0.39 is 11.7 Å². The standard InChI is InChI=1S/C29H50O3/c1-8-10-11-14-22(3)15-12-17-27(6,31)18-13-19-28(7)20-16-25-21-26(30)23(4)24(5)29(25,9-2)32-28/h14,21,26,30-31H,8-13,15-20H2,1-7H3/b22-14+. The Morgan fingerprint density at radius 2 is 1.91 bits per heavy atom. The fourth-order valence-electron chi connectivity index (χ4n) is 5.64. The number of unbranched alkanes of at least 4 members (excludes halogenated alkanes) is 2. The van der Waals surface area contributed by atoms with Crippen LogP contribution in [0.1, 0.15) is 126 Å². The molecule has 0 bridgehead atoms. The van der Waals surface area contributed by atoms with E-state index in [9.17, 15) is 10.2 Å². The van der Waals surface area contributed by atoms with Gasteiger partial charge in [0.05, 0.1) is 17.3 Å². The van der Waals surface area contributed by atoms with Gasteiger partial charge in [-0.15, -0.1) is 0 Å². The van der Waals surface area contributed by atoms with E-state index in [0.717, 1.165) is 63.4 Å². The van der Waals surface area contributed by atoms with Gasteiger partial charge in [-0.25, -0.2) is 0 Å². The number of ether oxygens (including phenoxy) is 1. The van der Waals surface area contributed by atoms with Crippen LogP contribution in [0.2, 0.25) is 0 Å². The summed E-state index contributed by atoms with van der Waals surface area (Å²) in [4.78, 5) is 0. The lowest BCUT2D eigenvalue weighted by Crippen LogP contribution is -2.51. The van der Waals surface area contributed by atoms with Gasteiger partial charge in [-0.1, -0.05) is 38.3 Å². The van der Waals surface area contributed by atoms with E-state index in [2.05, 4.69) is 40.7 Å². The summed E-state index contributed by atoms with van der Waals surface area (Å²) in [6.45, 7) is 15.0. The fraction of sp³-hybridized carbons (Fsp3) is 0.793. The predicted molar refractivity (Wildman–Crippen MR) is 136 cm³/mol. The molecule has 0 radical (unpaired) electrons. The Labute approximate surface area is 198 Å². The first kappa shape index (κ1) is 27.3. The Balaban J connectivity index is 1.88. The highest BCUT2D eigenvalue weighted by Gasteiger charge is 2.48. The van der Waals surface area contributed by atoms with Crippen molar-refractivity contribution < 1.29 is 14.9 Å². The third-order valence-electron chi connectivity index (χ3n) is 8.12. The lowest BCUT2D eigenvalue weighted by atomic mass is 9.70. The van der Waals surface area contributed by atoms with Crippen molar-refractivity contribution >= 4 is 0 Å². The molecule has 32 heavy (non-hydrogen) atoms. The summed E-state index contributed by atoms with van der Waals surface area (Å²) < 4.78 is 6.89. The van der Waals surface area contributed by atoms with Crippen molar-refractivity contribution in [2.24, 2.45) is 0 Å². The molecule has 1 heterocycles. The van der Waals surface area contributed by atoms with Gasteiger partial charge in [0.1, 0.15) is 5.60 Å². The second kappa shape index (κ2) is 11.5. The van der Waals surface area contributed by atoms with E-state index in [0.29, 0.717) is 0 Å². The number of rotatable bonds is 12. The largest absolute Gasteiger partial charge is 0.390 e. The average molecular weight is 447 g/mol. The zero-order chi connectivity index (χ0) is 24.0. The molecule has 0 saturated carbocycles. The smallest absolute Gasteiger partial charge is 0.111 e. The molecular formula is C29H50O3. The Morgan fingerprint density at radius 3 is 2.56 bits per heavy atom. The maximum Gasteiger partial charge on any atom is 0.111 e. The van der Waals surface area contributed by atoms with Crippen molar-refractivity contribution in [2.75, 3.05) is 0 Å². The molecule has 3 nitrogen and oxygen atoms in total. The van der Waals surface area contributed by atoms with Crippen LogP contribution in [-0.4, -0.2) is 33.1 Å². The second-order valence-electron chi connectivity index (χ2n) is 11.1. The van der Waals surface area contributed by atoms with E-state index >= 15 is 0 Å². The minimum Gasteiger partial charge on any atom is -0.390 e. The first-order valence-electron chi connectivity index (χ1n) is 13.1. The van der Waals surface area contributed by atoms with Crippen LogP contribution in [0.4, 0.5) is 0 Å². The lowest BCUT2D eigenvalue weighted by molar-refractivity contribution is -0.145. The van der Waals surface area contributed by atoms with Crippen molar-refractivity contribution in [3.8, 4) is 0 Å². The van der Waals surface area contributed by atoms with Gasteiger partial charge in [0, 0.05) is 0 Å². The molecule has 0 aromatic rings. The topological polar surface area (TPSA) is 49.7 Å². The number of aliphatic hydroxyl groups is 2. The number of aliphatic hydroxyl groups excluding tert-OH is 1. The molecule has 2 rings (SSSR count). The molecule has 1 saturated heterocycles. The summed E-state index contributed by atoms with van der Waals surface area (Å²) in [5.41, 5.74) is 3.77. The van der Waals surface area contributed by atoms with Crippen molar-refractivity contribution in [3.05, 3.63) is 34.4 Å². The first-order chi connectivity index (χ1) is 15.0. The Kier molecular flexibility index (Phi) is 9.82. The third kappa shape index (κ3) is 6.81. The van der Waals surface area contributed by atoms with Crippen LogP contribution in [0.25, 0.3) is 0 Å². The van der Waals surface area contributed by atoms with Gasteiger partial charge in [0.2, 0.25) is 0 Å². The molecular weight excluding hydrogens is 396 g/mol. The highest BCUT2D eigenvalue weighted by atomic mass is 16.5. The van der Waals surface area contributed by atoms with E-state index in [4.69, 9.17) is 4.74 Å². The average Bonchev–Trinajstić information content (AvgIpc) is 2.73. The van der Waals surface area contributed by atoms with E-state index in [1.807, 2.05) is 19.9 Å². The van der Waals surface area contributed by atoms with Crippen LogP contribution in [0.5, 0.6) is 0 Å². The molecule has 3 heteroatoms. The predicted octanol–water partition coefficient (Wildman–Crippen LogP) is 7.57. The molecule has 4 unspecified atom stereocenters. The molecule has 0 amide bonds. The van der Waals surface area contributed by atoms with E-state index in [1.54, 1.807) is 0 Å². The Morgan fingerprint density at radius 1 is 1.22 bits per heavy atom. The molecule has 1 aliphatic heterocycles. The number of allylic oxidation sites excluding steroid dienone is 2. The second-order valence-corrected chi connectivity index (χ2v) is 11.1.